The summed E-state index contributed by atoms with van der Waals surface area (Å²) >= 11 is 2.09. The van der Waals surface area contributed by atoms with E-state index in [0.29, 0.717) is 10.8 Å². The minimum atomic E-state index is 0.377. The van der Waals surface area contributed by atoms with Gasteiger partial charge in [0.2, 0.25) is 0 Å². The summed E-state index contributed by atoms with van der Waals surface area (Å²) in [5, 5.41) is 3.59. The van der Waals surface area contributed by atoms with E-state index in [9.17, 15) is 0 Å². The molecule has 0 aromatic rings. The Labute approximate surface area is 92.4 Å². The zero-order valence-electron chi connectivity index (χ0n) is 9.31. The molecule has 0 aromatic heterocycles. The molecule has 1 fully saturated rings. The van der Waals surface area contributed by atoms with Crippen molar-refractivity contribution in [2.75, 3.05) is 12.3 Å². The Morgan fingerprint density at radius 1 is 1.64 bits per heavy atom. The van der Waals surface area contributed by atoms with E-state index in [4.69, 9.17) is 6.42 Å². The first-order valence-corrected chi connectivity index (χ1v) is 6.52. The summed E-state index contributed by atoms with van der Waals surface area (Å²) in [4.78, 5) is 0. The van der Waals surface area contributed by atoms with Crippen molar-refractivity contribution in [1.82, 2.24) is 5.32 Å². The van der Waals surface area contributed by atoms with Crippen molar-refractivity contribution in [1.29, 1.82) is 0 Å². The third kappa shape index (κ3) is 2.93. The second-order valence-corrected chi connectivity index (χ2v) is 5.81. The van der Waals surface area contributed by atoms with Crippen molar-refractivity contribution in [2.24, 2.45) is 0 Å². The molecule has 1 saturated heterocycles. The number of thioether (sulfide) groups is 1. The van der Waals surface area contributed by atoms with Crippen molar-refractivity contribution in [3.63, 3.8) is 0 Å². The lowest BCUT2D eigenvalue weighted by molar-refractivity contribution is 0.407. The molecule has 1 N–H and O–H groups in total. The van der Waals surface area contributed by atoms with Gasteiger partial charge in [0.25, 0.3) is 0 Å². The molecule has 14 heavy (non-hydrogen) atoms. The molecule has 0 spiro atoms. The van der Waals surface area contributed by atoms with Gasteiger partial charge in [0.05, 0.1) is 0 Å². The molecular weight excluding hydrogens is 190 g/mol. The molecule has 2 heteroatoms. The van der Waals surface area contributed by atoms with Crippen molar-refractivity contribution < 1.29 is 0 Å². The minimum Gasteiger partial charge on any atom is -0.312 e. The number of nitrogens with one attached hydrogen (secondary N) is 1. The minimum absolute atomic E-state index is 0.377. The highest BCUT2D eigenvalue weighted by atomic mass is 32.2. The highest BCUT2D eigenvalue weighted by Crippen LogP contribution is 2.41. The summed E-state index contributed by atoms with van der Waals surface area (Å²) < 4.78 is 0.377. The van der Waals surface area contributed by atoms with Gasteiger partial charge in [0, 0.05) is 17.2 Å². The summed E-state index contributed by atoms with van der Waals surface area (Å²) in [7, 11) is 0. The summed E-state index contributed by atoms with van der Waals surface area (Å²) in [6.45, 7) is 5.64. The van der Waals surface area contributed by atoms with Crippen LogP contribution in [0.2, 0.25) is 0 Å². The largest absolute Gasteiger partial charge is 0.312 e. The molecule has 0 radical (unpaired) electrons. The molecule has 0 aliphatic carbocycles. The summed E-state index contributed by atoms with van der Waals surface area (Å²) in [6, 6.07) is 0.500. The van der Waals surface area contributed by atoms with Gasteiger partial charge in [-0.1, -0.05) is 6.92 Å². The summed E-state index contributed by atoms with van der Waals surface area (Å²) in [5.41, 5.74) is 0. The summed E-state index contributed by atoms with van der Waals surface area (Å²) in [6.07, 6.45) is 10.1. The van der Waals surface area contributed by atoms with Gasteiger partial charge in [-0.05, 0) is 38.5 Å². The molecule has 0 aromatic carbocycles. The average Bonchev–Trinajstić information content (AvgIpc) is 2.60. The normalized spacial score (nSPS) is 28.6. The van der Waals surface area contributed by atoms with Gasteiger partial charge in [-0.15, -0.1) is 12.3 Å². The first-order chi connectivity index (χ1) is 6.73. The first kappa shape index (κ1) is 11.9. The van der Waals surface area contributed by atoms with Crippen molar-refractivity contribution in [3.8, 4) is 12.3 Å². The van der Waals surface area contributed by atoms with Gasteiger partial charge in [0.15, 0.2) is 0 Å². The molecule has 80 valence electrons. The van der Waals surface area contributed by atoms with E-state index < -0.39 is 0 Å². The Morgan fingerprint density at radius 2 is 2.43 bits per heavy atom. The zero-order valence-corrected chi connectivity index (χ0v) is 10.1. The molecule has 1 heterocycles. The number of hydrogen-bond donors (Lipinski definition) is 1. The highest BCUT2D eigenvalue weighted by Gasteiger charge is 2.36. The van der Waals surface area contributed by atoms with Gasteiger partial charge in [-0.2, -0.15) is 11.8 Å². The predicted octanol–water partition coefficient (Wildman–Crippen LogP) is 2.66. The molecule has 1 aliphatic heterocycles. The lowest BCUT2D eigenvalue weighted by Gasteiger charge is -2.33. The van der Waals surface area contributed by atoms with Gasteiger partial charge in [-0.3, -0.25) is 0 Å². The van der Waals surface area contributed by atoms with E-state index in [0.717, 1.165) is 13.0 Å². The molecule has 1 aliphatic rings. The highest BCUT2D eigenvalue weighted by molar-refractivity contribution is 8.00. The Bertz CT molecular complexity index is 201. The maximum atomic E-state index is 5.43. The maximum absolute atomic E-state index is 5.43. The van der Waals surface area contributed by atoms with Crippen LogP contribution in [-0.2, 0) is 0 Å². The number of hydrogen-bond acceptors (Lipinski definition) is 2. The lowest BCUT2D eigenvalue weighted by atomic mass is 9.93. The fraction of sp³-hybridized carbons (Fsp3) is 0.833. The quantitative estimate of drug-likeness (QED) is 0.702. The third-order valence-electron chi connectivity index (χ3n) is 2.95. The molecule has 2 atom stereocenters. The van der Waals surface area contributed by atoms with E-state index in [2.05, 4.69) is 36.8 Å². The van der Waals surface area contributed by atoms with Gasteiger partial charge >= 0.3 is 0 Å². The Morgan fingerprint density at radius 3 is 2.93 bits per heavy atom. The topological polar surface area (TPSA) is 12.0 Å². The van der Waals surface area contributed by atoms with Gasteiger partial charge in [0.1, 0.15) is 0 Å². The van der Waals surface area contributed by atoms with Crippen LogP contribution in [0.25, 0.3) is 0 Å². The van der Waals surface area contributed by atoms with Crippen LogP contribution in [0, 0.1) is 12.3 Å². The standard InChI is InChI=1S/C12H21NS/c1-4-7-11(13-9-5-2)12(3)8-6-10-14-12/h1,11,13H,5-10H2,2-3H3. The molecule has 2 unspecified atom stereocenters. The van der Waals surface area contributed by atoms with Crippen LogP contribution in [0.15, 0.2) is 0 Å². The van der Waals surface area contributed by atoms with E-state index in [1.165, 1.54) is 25.0 Å². The number of rotatable bonds is 5. The third-order valence-corrected chi connectivity index (χ3v) is 4.59. The Balaban J connectivity index is 2.52. The van der Waals surface area contributed by atoms with Crippen LogP contribution in [0.1, 0.15) is 39.5 Å². The molecule has 0 bridgehead atoms. The second-order valence-electron chi connectivity index (χ2n) is 4.18. The van der Waals surface area contributed by atoms with Crippen LogP contribution in [0.3, 0.4) is 0 Å². The fourth-order valence-corrected chi connectivity index (χ4v) is 3.43. The van der Waals surface area contributed by atoms with Crippen molar-refractivity contribution >= 4 is 11.8 Å². The molecule has 1 nitrogen and oxygen atoms in total. The van der Waals surface area contributed by atoms with Crippen LogP contribution in [-0.4, -0.2) is 23.1 Å². The monoisotopic (exact) mass is 211 g/mol. The van der Waals surface area contributed by atoms with Crippen LogP contribution >= 0.6 is 11.8 Å². The van der Waals surface area contributed by atoms with Crippen LogP contribution in [0.5, 0.6) is 0 Å². The van der Waals surface area contributed by atoms with Crippen LogP contribution < -0.4 is 5.32 Å². The maximum Gasteiger partial charge on any atom is 0.0321 e. The zero-order chi connectivity index (χ0) is 10.4. The molecular formula is C12H21NS. The van der Waals surface area contributed by atoms with Crippen molar-refractivity contribution in [2.45, 2.75) is 50.3 Å². The Kier molecular flexibility index (Phi) is 4.84. The number of terminal acetylenes is 1. The first-order valence-electron chi connectivity index (χ1n) is 5.53. The Hall–Kier alpha value is -0.130. The molecule has 0 amide bonds. The summed E-state index contributed by atoms with van der Waals surface area (Å²) in [5.74, 6) is 4.10. The predicted molar refractivity (Wildman–Crippen MR) is 65.6 cm³/mol. The van der Waals surface area contributed by atoms with E-state index in [-0.39, 0.29) is 0 Å². The SMILES string of the molecule is C#CCC(NCCC)C1(C)CCCS1. The smallest absolute Gasteiger partial charge is 0.0321 e. The molecule has 0 saturated carbocycles. The van der Waals surface area contributed by atoms with Crippen LogP contribution in [0.4, 0.5) is 0 Å². The fourth-order valence-electron chi connectivity index (χ4n) is 2.02. The van der Waals surface area contributed by atoms with E-state index >= 15 is 0 Å². The molecule has 1 rings (SSSR count). The van der Waals surface area contributed by atoms with E-state index in [1.54, 1.807) is 0 Å². The lowest BCUT2D eigenvalue weighted by Crippen LogP contribution is -2.45. The van der Waals surface area contributed by atoms with Crippen molar-refractivity contribution in [3.05, 3.63) is 0 Å². The van der Waals surface area contributed by atoms with Gasteiger partial charge in [-0.25, -0.2) is 0 Å². The van der Waals surface area contributed by atoms with E-state index in [1.807, 2.05) is 0 Å². The average molecular weight is 211 g/mol. The van der Waals surface area contributed by atoms with Gasteiger partial charge < -0.3 is 5.32 Å². The second kappa shape index (κ2) is 5.68.